The van der Waals surface area contributed by atoms with Gasteiger partial charge in [-0.1, -0.05) is 0 Å². The summed E-state index contributed by atoms with van der Waals surface area (Å²) in [6, 6.07) is 1.67. The Morgan fingerprint density at radius 2 is 2.15 bits per heavy atom. The highest BCUT2D eigenvalue weighted by Crippen LogP contribution is 2.12. The molecule has 7 heteroatoms. The number of ether oxygens (including phenoxy) is 1. The molecule has 1 heterocycles. The van der Waals surface area contributed by atoms with Gasteiger partial charge in [-0.15, -0.1) is 0 Å². The summed E-state index contributed by atoms with van der Waals surface area (Å²) in [6.07, 6.45) is 3.63. The SMILES string of the molecule is COC(=O)CCN(CCCO)C(=O)c1cncc(Br)c1. The fourth-order valence-corrected chi connectivity index (χ4v) is 1.98. The molecule has 0 saturated carbocycles. The number of nitrogens with zero attached hydrogens (tertiary/aromatic N) is 2. The van der Waals surface area contributed by atoms with Crippen molar-refractivity contribution in [3.05, 3.63) is 28.5 Å². The zero-order valence-corrected chi connectivity index (χ0v) is 12.8. The van der Waals surface area contributed by atoms with Crippen LogP contribution in [0, 0.1) is 0 Å². The molecule has 0 aliphatic heterocycles. The van der Waals surface area contributed by atoms with E-state index in [2.05, 4.69) is 25.7 Å². The lowest BCUT2D eigenvalue weighted by molar-refractivity contribution is -0.140. The van der Waals surface area contributed by atoms with Crippen LogP contribution >= 0.6 is 15.9 Å². The molecule has 110 valence electrons. The van der Waals surface area contributed by atoms with Crippen LogP contribution in [0.25, 0.3) is 0 Å². The number of esters is 1. The number of hydrogen-bond acceptors (Lipinski definition) is 5. The van der Waals surface area contributed by atoms with E-state index in [9.17, 15) is 9.59 Å². The quantitative estimate of drug-likeness (QED) is 0.752. The molecule has 0 aromatic carbocycles. The average Bonchev–Trinajstić information content (AvgIpc) is 2.46. The minimum Gasteiger partial charge on any atom is -0.469 e. The van der Waals surface area contributed by atoms with Crippen LogP contribution in [0.3, 0.4) is 0 Å². The van der Waals surface area contributed by atoms with Crippen molar-refractivity contribution in [2.45, 2.75) is 12.8 Å². The van der Waals surface area contributed by atoms with Crippen molar-refractivity contribution in [2.24, 2.45) is 0 Å². The minimum atomic E-state index is -0.376. The fourth-order valence-electron chi connectivity index (χ4n) is 1.62. The first kappa shape index (κ1) is 16.6. The molecule has 1 rings (SSSR count). The molecule has 0 aliphatic carbocycles. The molecule has 0 unspecified atom stereocenters. The Morgan fingerprint density at radius 3 is 2.75 bits per heavy atom. The monoisotopic (exact) mass is 344 g/mol. The van der Waals surface area contributed by atoms with E-state index in [1.54, 1.807) is 12.3 Å². The van der Waals surface area contributed by atoms with Gasteiger partial charge >= 0.3 is 5.97 Å². The maximum Gasteiger partial charge on any atom is 0.307 e. The molecule has 0 bridgehead atoms. The molecule has 20 heavy (non-hydrogen) atoms. The lowest BCUT2D eigenvalue weighted by atomic mass is 10.2. The Balaban J connectivity index is 2.75. The van der Waals surface area contributed by atoms with Gasteiger partial charge in [0.2, 0.25) is 0 Å². The topological polar surface area (TPSA) is 79.7 Å². The fraction of sp³-hybridized carbons (Fsp3) is 0.462. The smallest absolute Gasteiger partial charge is 0.307 e. The van der Waals surface area contributed by atoms with Gasteiger partial charge in [0.1, 0.15) is 0 Å². The zero-order chi connectivity index (χ0) is 15.0. The number of pyridine rings is 1. The summed E-state index contributed by atoms with van der Waals surface area (Å²) >= 11 is 3.26. The second kappa shape index (κ2) is 8.65. The number of carbonyl (C=O) groups is 2. The predicted molar refractivity (Wildman–Crippen MR) is 76.2 cm³/mol. The van der Waals surface area contributed by atoms with Crippen molar-refractivity contribution in [2.75, 3.05) is 26.8 Å². The van der Waals surface area contributed by atoms with Gasteiger partial charge in [0, 0.05) is 36.6 Å². The van der Waals surface area contributed by atoms with Crippen molar-refractivity contribution in [1.82, 2.24) is 9.88 Å². The van der Waals surface area contributed by atoms with Gasteiger partial charge in [0.25, 0.3) is 5.91 Å². The molecule has 1 aromatic rings. The molecule has 1 N–H and O–H groups in total. The number of halogens is 1. The molecule has 0 radical (unpaired) electrons. The summed E-state index contributed by atoms with van der Waals surface area (Å²) in [5, 5.41) is 8.89. The van der Waals surface area contributed by atoms with Crippen molar-refractivity contribution < 1.29 is 19.4 Å². The summed E-state index contributed by atoms with van der Waals surface area (Å²) in [5.41, 5.74) is 0.433. The van der Waals surface area contributed by atoms with Crippen LogP contribution in [0.2, 0.25) is 0 Å². The molecule has 1 aromatic heterocycles. The lowest BCUT2D eigenvalue weighted by Crippen LogP contribution is -2.34. The summed E-state index contributed by atoms with van der Waals surface area (Å²) in [4.78, 5) is 29.0. The standard InChI is InChI=1S/C13H17BrN2O4/c1-20-12(18)3-5-16(4-2-6-17)13(19)10-7-11(14)9-15-8-10/h7-9,17H,2-6H2,1H3. The summed E-state index contributed by atoms with van der Waals surface area (Å²) in [7, 11) is 1.31. The zero-order valence-electron chi connectivity index (χ0n) is 11.2. The van der Waals surface area contributed by atoms with E-state index < -0.39 is 0 Å². The van der Waals surface area contributed by atoms with Crippen molar-refractivity contribution >= 4 is 27.8 Å². The summed E-state index contributed by atoms with van der Waals surface area (Å²) in [5.74, 6) is -0.602. The third-order valence-electron chi connectivity index (χ3n) is 2.64. The molecule has 0 atom stereocenters. The van der Waals surface area contributed by atoms with Crippen molar-refractivity contribution in [3.63, 3.8) is 0 Å². The molecule has 6 nitrogen and oxygen atoms in total. The van der Waals surface area contributed by atoms with Gasteiger partial charge in [-0.05, 0) is 28.4 Å². The maximum atomic E-state index is 12.3. The highest BCUT2D eigenvalue weighted by Gasteiger charge is 2.17. The molecule has 0 spiro atoms. The molecular formula is C13H17BrN2O4. The van der Waals surface area contributed by atoms with Gasteiger partial charge in [-0.3, -0.25) is 14.6 Å². The number of rotatable bonds is 7. The Hall–Kier alpha value is -1.47. The number of methoxy groups -OCH3 is 1. The summed E-state index contributed by atoms with van der Waals surface area (Å²) in [6.45, 7) is 0.607. The minimum absolute atomic E-state index is 0.0151. The van der Waals surface area contributed by atoms with Crippen molar-refractivity contribution in [1.29, 1.82) is 0 Å². The first-order valence-corrected chi connectivity index (χ1v) is 6.95. The van der Waals surface area contributed by atoms with E-state index in [1.165, 1.54) is 18.2 Å². The molecule has 0 aliphatic rings. The van der Waals surface area contributed by atoms with E-state index in [0.29, 0.717) is 23.0 Å². The first-order valence-electron chi connectivity index (χ1n) is 6.16. The first-order chi connectivity index (χ1) is 9.58. The number of hydrogen-bond donors (Lipinski definition) is 1. The van der Waals surface area contributed by atoms with E-state index in [0.717, 1.165) is 0 Å². The van der Waals surface area contributed by atoms with Gasteiger partial charge in [-0.2, -0.15) is 0 Å². The van der Waals surface area contributed by atoms with Crippen LogP contribution in [0.15, 0.2) is 22.9 Å². The van der Waals surface area contributed by atoms with Crippen LogP contribution in [0.1, 0.15) is 23.2 Å². The van der Waals surface area contributed by atoms with Gasteiger partial charge in [0.15, 0.2) is 0 Å². The van der Waals surface area contributed by atoms with E-state index in [1.807, 2.05) is 0 Å². The van der Waals surface area contributed by atoms with Gasteiger partial charge in [-0.25, -0.2) is 0 Å². The van der Waals surface area contributed by atoms with E-state index >= 15 is 0 Å². The van der Waals surface area contributed by atoms with E-state index in [-0.39, 0.29) is 31.4 Å². The number of carbonyl (C=O) groups excluding carboxylic acids is 2. The summed E-state index contributed by atoms with van der Waals surface area (Å²) < 4.78 is 5.27. The third-order valence-corrected chi connectivity index (χ3v) is 3.07. The lowest BCUT2D eigenvalue weighted by Gasteiger charge is -2.22. The van der Waals surface area contributed by atoms with Crippen LogP contribution in [-0.2, 0) is 9.53 Å². The molecular weight excluding hydrogens is 328 g/mol. The molecule has 0 saturated heterocycles. The number of aromatic nitrogens is 1. The van der Waals surface area contributed by atoms with Gasteiger partial charge < -0.3 is 14.7 Å². The largest absolute Gasteiger partial charge is 0.469 e. The number of aliphatic hydroxyl groups is 1. The maximum absolute atomic E-state index is 12.3. The van der Waals surface area contributed by atoms with Crippen molar-refractivity contribution in [3.8, 4) is 0 Å². The third kappa shape index (κ3) is 5.26. The Labute approximate surface area is 125 Å². The molecule has 1 amide bonds. The number of aliphatic hydroxyl groups excluding tert-OH is 1. The highest BCUT2D eigenvalue weighted by atomic mass is 79.9. The Bertz CT molecular complexity index is 467. The Morgan fingerprint density at radius 1 is 1.40 bits per heavy atom. The molecule has 0 fully saturated rings. The number of amides is 1. The van der Waals surface area contributed by atoms with Crippen LogP contribution in [0.4, 0.5) is 0 Å². The predicted octanol–water partition coefficient (Wildman–Crippen LogP) is 1.23. The van der Waals surface area contributed by atoms with E-state index in [4.69, 9.17) is 5.11 Å². The second-order valence-corrected chi connectivity index (χ2v) is 5.00. The normalized spacial score (nSPS) is 10.2. The highest BCUT2D eigenvalue weighted by molar-refractivity contribution is 9.10. The Kier molecular flexibility index (Phi) is 7.17. The van der Waals surface area contributed by atoms with Crippen LogP contribution in [-0.4, -0.2) is 53.7 Å². The van der Waals surface area contributed by atoms with Gasteiger partial charge in [0.05, 0.1) is 19.1 Å². The second-order valence-electron chi connectivity index (χ2n) is 4.09. The van der Waals surface area contributed by atoms with Crippen LogP contribution < -0.4 is 0 Å². The average molecular weight is 345 g/mol. The van der Waals surface area contributed by atoms with Crippen LogP contribution in [0.5, 0.6) is 0 Å².